The lowest BCUT2D eigenvalue weighted by Crippen LogP contribution is -2.11. The molecule has 0 saturated carbocycles. The summed E-state index contributed by atoms with van der Waals surface area (Å²) < 4.78 is 12.8. The van der Waals surface area contributed by atoms with E-state index in [2.05, 4.69) is 22.2 Å². The monoisotopic (exact) mass is 251 g/mol. The minimum absolute atomic E-state index is 0.265. The maximum absolute atomic E-state index is 12.8. The highest BCUT2D eigenvalue weighted by atomic mass is 32.1. The molecule has 17 heavy (non-hydrogen) atoms. The van der Waals surface area contributed by atoms with Gasteiger partial charge in [0, 0.05) is 10.9 Å². The normalized spacial score (nSPS) is 12.7. The Morgan fingerprint density at radius 2 is 2.18 bits per heavy atom. The van der Waals surface area contributed by atoms with E-state index in [1.165, 1.54) is 17.1 Å². The van der Waals surface area contributed by atoms with Crippen LogP contribution in [0.1, 0.15) is 23.5 Å². The molecule has 2 aromatic rings. The maximum Gasteiger partial charge on any atom is 0.142 e. The Morgan fingerprint density at radius 3 is 2.76 bits per heavy atom. The van der Waals surface area contributed by atoms with Crippen LogP contribution in [0.5, 0.6) is 0 Å². The quantitative estimate of drug-likeness (QED) is 0.911. The number of halogens is 1. The molecule has 90 valence electrons. The molecule has 2 heterocycles. The van der Waals surface area contributed by atoms with Crippen molar-refractivity contribution in [3.8, 4) is 10.7 Å². The smallest absolute Gasteiger partial charge is 0.142 e. The molecule has 2 rings (SSSR count). The van der Waals surface area contributed by atoms with Crippen molar-refractivity contribution >= 4 is 11.3 Å². The van der Waals surface area contributed by atoms with Gasteiger partial charge >= 0.3 is 0 Å². The summed E-state index contributed by atoms with van der Waals surface area (Å²) in [5, 5.41) is 4.02. The molecule has 0 spiro atoms. The molecule has 3 nitrogen and oxygen atoms in total. The molecule has 0 bridgehead atoms. The minimum Gasteiger partial charge on any atom is -0.312 e. The molecule has 0 aromatic carbocycles. The Labute approximate surface area is 104 Å². The van der Waals surface area contributed by atoms with Gasteiger partial charge in [-0.05, 0) is 33.0 Å². The fourth-order valence-corrected chi connectivity index (χ4v) is 2.66. The van der Waals surface area contributed by atoms with Crippen LogP contribution in [0.4, 0.5) is 4.39 Å². The average Bonchev–Trinajstić information content (AvgIpc) is 2.71. The zero-order valence-corrected chi connectivity index (χ0v) is 10.8. The predicted octanol–water partition coefficient (Wildman–Crippen LogP) is 2.93. The van der Waals surface area contributed by atoms with E-state index in [9.17, 15) is 4.39 Å². The molecule has 5 heteroatoms. The highest BCUT2D eigenvalue weighted by molar-refractivity contribution is 7.15. The number of rotatable bonds is 3. The van der Waals surface area contributed by atoms with Gasteiger partial charge in [0.25, 0.3) is 0 Å². The summed E-state index contributed by atoms with van der Waals surface area (Å²) in [6.45, 7) is 4.06. The van der Waals surface area contributed by atoms with Gasteiger partial charge in [-0.15, -0.1) is 11.3 Å². The van der Waals surface area contributed by atoms with Crippen LogP contribution >= 0.6 is 11.3 Å². The van der Waals surface area contributed by atoms with Gasteiger partial charge in [0.15, 0.2) is 0 Å². The molecule has 0 amide bonds. The first kappa shape index (κ1) is 12.1. The van der Waals surface area contributed by atoms with Gasteiger partial charge in [0.2, 0.25) is 0 Å². The number of thiazole rings is 1. The van der Waals surface area contributed by atoms with Crippen LogP contribution in [0.15, 0.2) is 18.3 Å². The molecule has 0 aliphatic rings. The van der Waals surface area contributed by atoms with Gasteiger partial charge in [-0.2, -0.15) is 0 Å². The first-order valence-electron chi connectivity index (χ1n) is 5.38. The van der Waals surface area contributed by atoms with Gasteiger partial charge in [-0.25, -0.2) is 9.37 Å². The topological polar surface area (TPSA) is 37.8 Å². The fourth-order valence-electron chi connectivity index (χ4n) is 1.55. The van der Waals surface area contributed by atoms with Gasteiger partial charge in [-0.1, -0.05) is 0 Å². The summed E-state index contributed by atoms with van der Waals surface area (Å²) in [5.74, 6) is -0.328. The SMILES string of the molecule is CNC(C)c1sc(-c2ccc(F)cn2)nc1C. The molecule has 0 radical (unpaired) electrons. The first-order valence-corrected chi connectivity index (χ1v) is 6.20. The van der Waals surface area contributed by atoms with Crippen molar-refractivity contribution in [1.29, 1.82) is 0 Å². The van der Waals surface area contributed by atoms with Crippen LogP contribution in [-0.4, -0.2) is 17.0 Å². The van der Waals surface area contributed by atoms with Crippen molar-refractivity contribution in [2.75, 3.05) is 7.05 Å². The molecule has 2 aromatic heterocycles. The molecule has 0 fully saturated rings. The minimum atomic E-state index is -0.328. The van der Waals surface area contributed by atoms with E-state index in [1.54, 1.807) is 17.4 Å². The van der Waals surface area contributed by atoms with Gasteiger partial charge in [0.05, 0.1) is 17.6 Å². The highest BCUT2D eigenvalue weighted by Crippen LogP contribution is 2.30. The average molecular weight is 251 g/mol. The zero-order valence-electron chi connectivity index (χ0n) is 9.99. The van der Waals surface area contributed by atoms with E-state index in [0.29, 0.717) is 5.69 Å². The molecule has 1 N–H and O–H groups in total. The summed E-state index contributed by atoms with van der Waals surface area (Å²) in [6.07, 6.45) is 1.22. The third-order valence-electron chi connectivity index (χ3n) is 2.61. The number of aromatic nitrogens is 2. The lowest BCUT2D eigenvalue weighted by molar-refractivity contribution is 0.622. The van der Waals surface area contributed by atoms with Crippen molar-refractivity contribution in [1.82, 2.24) is 15.3 Å². The summed E-state index contributed by atoms with van der Waals surface area (Å²) >= 11 is 1.59. The molecule has 0 saturated heterocycles. The Bertz CT molecular complexity index is 507. The van der Waals surface area contributed by atoms with Crippen molar-refractivity contribution in [2.45, 2.75) is 19.9 Å². The van der Waals surface area contributed by atoms with Crippen molar-refractivity contribution in [3.05, 3.63) is 34.7 Å². The van der Waals surface area contributed by atoms with Crippen LogP contribution < -0.4 is 5.32 Å². The van der Waals surface area contributed by atoms with Crippen molar-refractivity contribution in [2.24, 2.45) is 0 Å². The Kier molecular flexibility index (Phi) is 3.49. The number of nitrogens with one attached hydrogen (secondary N) is 1. The number of nitrogens with zero attached hydrogens (tertiary/aromatic N) is 2. The van der Waals surface area contributed by atoms with E-state index < -0.39 is 0 Å². The second-order valence-corrected chi connectivity index (χ2v) is 4.87. The van der Waals surface area contributed by atoms with Crippen LogP contribution in [-0.2, 0) is 0 Å². The van der Waals surface area contributed by atoms with Crippen molar-refractivity contribution < 1.29 is 4.39 Å². The highest BCUT2D eigenvalue weighted by Gasteiger charge is 2.14. The first-order chi connectivity index (χ1) is 8.11. The summed E-state index contributed by atoms with van der Waals surface area (Å²) in [5.41, 5.74) is 1.71. The Hall–Kier alpha value is -1.33. The van der Waals surface area contributed by atoms with Crippen molar-refractivity contribution in [3.63, 3.8) is 0 Å². The lowest BCUT2D eigenvalue weighted by Gasteiger charge is -2.06. The van der Waals surface area contributed by atoms with Gasteiger partial charge in [0.1, 0.15) is 10.8 Å². The standard InChI is InChI=1S/C12H14FN3S/c1-7(14-3)11-8(2)16-12(17-11)10-5-4-9(13)6-15-10/h4-7,14H,1-3H3. The summed E-state index contributed by atoms with van der Waals surface area (Å²) in [6, 6.07) is 3.32. The van der Waals surface area contributed by atoms with Gasteiger partial charge in [-0.3, -0.25) is 4.98 Å². The number of hydrogen-bond donors (Lipinski definition) is 1. The second-order valence-electron chi connectivity index (χ2n) is 3.84. The Balaban J connectivity index is 2.37. The van der Waals surface area contributed by atoms with Gasteiger partial charge < -0.3 is 5.32 Å². The number of pyridine rings is 1. The lowest BCUT2D eigenvalue weighted by atomic mass is 10.2. The van der Waals surface area contributed by atoms with E-state index >= 15 is 0 Å². The largest absolute Gasteiger partial charge is 0.312 e. The van der Waals surface area contributed by atoms with Crippen LogP contribution in [0.3, 0.4) is 0 Å². The molecule has 1 unspecified atom stereocenters. The Morgan fingerprint density at radius 1 is 1.41 bits per heavy atom. The third kappa shape index (κ3) is 2.50. The molecule has 0 aliphatic carbocycles. The zero-order chi connectivity index (χ0) is 12.4. The molecular weight excluding hydrogens is 237 g/mol. The van der Waals surface area contributed by atoms with E-state index in [0.717, 1.165) is 10.7 Å². The van der Waals surface area contributed by atoms with E-state index in [-0.39, 0.29) is 11.9 Å². The fraction of sp³-hybridized carbons (Fsp3) is 0.333. The van der Waals surface area contributed by atoms with E-state index in [4.69, 9.17) is 0 Å². The third-order valence-corrected chi connectivity index (χ3v) is 3.97. The summed E-state index contributed by atoms with van der Waals surface area (Å²) in [7, 11) is 1.92. The van der Waals surface area contributed by atoms with Crippen LogP contribution in [0.2, 0.25) is 0 Å². The van der Waals surface area contributed by atoms with Crippen LogP contribution in [0, 0.1) is 12.7 Å². The predicted molar refractivity (Wildman–Crippen MR) is 67.5 cm³/mol. The summed E-state index contributed by atoms with van der Waals surface area (Å²) in [4.78, 5) is 9.70. The molecule has 1 atom stereocenters. The molecule has 0 aliphatic heterocycles. The number of hydrogen-bond acceptors (Lipinski definition) is 4. The number of aryl methyl sites for hydroxylation is 1. The van der Waals surface area contributed by atoms with Crippen LogP contribution in [0.25, 0.3) is 10.7 Å². The second kappa shape index (κ2) is 4.89. The van der Waals surface area contributed by atoms with E-state index in [1.807, 2.05) is 14.0 Å². The molecular formula is C12H14FN3S. The maximum atomic E-state index is 12.8.